The molecule has 1 aromatic carbocycles. The highest BCUT2D eigenvalue weighted by Crippen LogP contribution is 2.21. The van der Waals surface area contributed by atoms with Gasteiger partial charge in [-0.2, -0.15) is 0 Å². The van der Waals surface area contributed by atoms with Crippen LogP contribution in [0.5, 0.6) is 0 Å². The normalized spacial score (nSPS) is 19.6. The molecule has 0 radical (unpaired) electrons. The van der Waals surface area contributed by atoms with Crippen LogP contribution < -0.4 is 5.32 Å². The second-order valence-electron chi connectivity index (χ2n) is 8.26. The number of rotatable bonds is 5. The van der Waals surface area contributed by atoms with Gasteiger partial charge in [0.2, 0.25) is 11.8 Å². The van der Waals surface area contributed by atoms with Gasteiger partial charge in [0, 0.05) is 45.0 Å². The SMILES string of the molecule is O=C(CN1CCN(C(=O)C2CCCN(C(=O)c3ccoc3)C2)CC1)Nc1ccc(F)cc1. The topological polar surface area (TPSA) is 86.1 Å². The molecular formula is C23H27FN4O4. The molecule has 2 saturated heterocycles. The molecule has 1 aromatic heterocycles. The molecule has 0 spiro atoms. The number of hydrogen-bond acceptors (Lipinski definition) is 5. The van der Waals surface area contributed by atoms with E-state index in [9.17, 15) is 18.8 Å². The Morgan fingerprint density at radius 2 is 1.75 bits per heavy atom. The van der Waals surface area contributed by atoms with Crippen LogP contribution in [0.1, 0.15) is 23.2 Å². The van der Waals surface area contributed by atoms with Crippen molar-refractivity contribution in [3.63, 3.8) is 0 Å². The zero-order chi connectivity index (χ0) is 22.5. The molecule has 170 valence electrons. The van der Waals surface area contributed by atoms with Gasteiger partial charge < -0.3 is 19.5 Å². The molecular weight excluding hydrogens is 415 g/mol. The Hall–Kier alpha value is -3.20. The van der Waals surface area contributed by atoms with Gasteiger partial charge in [-0.05, 0) is 43.2 Å². The van der Waals surface area contributed by atoms with Crippen molar-refractivity contribution in [2.75, 3.05) is 51.1 Å². The van der Waals surface area contributed by atoms with E-state index in [2.05, 4.69) is 5.32 Å². The van der Waals surface area contributed by atoms with Gasteiger partial charge in [-0.3, -0.25) is 19.3 Å². The average Bonchev–Trinajstić information content (AvgIpc) is 3.35. The van der Waals surface area contributed by atoms with Crippen molar-refractivity contribution < 1.29 is 23.2 Å². The van der Waals surface area contributed by atoms with E-state index in [1.54, 1.807) is 11.0 Å². The zero-order valence-electron chi connectivity index (χ0n) is 17.8. The van der Waals surface area contributed by atoms with E-state index in [0.717, 1.165) is 12.8 Å². The first-order chi connectivity index (χ1) is 15.5. The van der Waals surface area contributed by atoms with Crippen LogP contribution in [0.2, 0.25) is 0 Å². The van der Waals surface area contributed by atoms with E-state index >= 15 is 0 Å². The molecule has 3 heterocycles. The number of nitrogens with zero attached hydrogens (tertiary/aromatic N) is 3. The first-order valence-corrected chi connectivity index (χ1v) is 10.9. The highest BCUT2D eigenvalue weighted by molar-refractivity contribution is 5.94. The van der Waals surface area contributed by atoms with Crippen LogP contribution >= 0.6 is 0 Å². The number of carbonyl (C=O) groups is 3. The molecule has 1 unspecified atom stereocenters. The number of benzene rings is 1. The Morgan fingerprint density at radius 1 is 1.00 bits per heavy atom. The molecule has 9 heteroatoms. The van der Waals surface area contributed by atoms with Gasteiger partial charge in [0.15, 0.2) is 0 Å². The summed E-state index contributed by atoms with van der Waals surface area (Å²) in [5.41, 5.74) is 1.06. The molecule has 1 atom stereocenters. The standard InChI is InChI=1S/C23H27FN4O4/c24-19-3-5-20(6-4-19)25-21(29)15-26-9-11-27(12-10-26)22(30)17-2-1-8-28(14-17)23(31)18-7-13-32-16-18/h3-7,13,16-17H,1-2,8-12,14-15H2,(H,25,29). The zero-order valence-corrected chi connectivity index (χ0v) is 17.8. The Balaban J connectivity index is 1.23. The number of furan rings is 1. The first-order valence-electron chi connectivity index (χ1n) is 10.9. The van der Waals surface area contributed by atoms with E-state index in [1.165, 1.54) is 36.8 Å². The van der Waals surface area contributed by atoms with Crippen LogP contribution in [0, 0.1) is 11.7 Å². The molecule has 2 fully saturated rings. The van der Waals surface area contributed by atoms with Gasteiger partial charge >= 0.3 is 0 Å². The Bertz CT molecular complexity index is 939. The number of piperazine rings is 1. The van der Waals surface area contributed by atoms with Gasteiger partial charge in [0.1, 0.15) is 12.1 Å². The fraction of sp³-hybridized carbons (Fsp3) is 0.435. The molecule has 0 aliphatic carbocycles. The van der Waals surface area contributed by atoms with Crippen LogP contribution in [0.4, 0.5) is 10.1 Å². The molecule has 0 saturated carbocycles. The molecule has 2 aliphatic rings. The average molecular weight is 442 g/mol. The summed E-state index contributed by atoms with van der Waals surface area (Å²) in [5, 5.41) is 2.76. The lowest BCUT2D eigenvalue weighted by Gasteiger charge is -2.38. The summed E-state index contributed by atoms with van der Waals surface area (Å²) in [4.78, 5) is 43.4. The van der Waals surface area contributed by atoms with Crippen molar-refractivity contribution >= 4 is 23.4 Å². The molecule has 8 nitrogen and oxygen atoms in total. The molecule has 4 rings (SSSR count). The lowest BCUT2D eigenvalue weighted by molar-refractivity contribution is -0.138. The molecule has 1 N–H and O–H groups in total. The second kappa shape index (κ2) is 9.95. The van der Waals surface area contributed by atoms with Gasteiger partial charge in [-0.15, -0.1) is 0 Å². The van der Waals surface area contributed by atoms with Crippen LogP contribution in [0.3, 0.4) is 0 Å². The number of piperidine rings is 1. The minimum atomic E-state index is -0.351. The van der Waals surface area contributed by atoms with E-state index < -0.39 is 0 Å². The van der Waals surface area contributed by atoms with Crippen molar-refractivity contribution in [2.24, 2.45) is 5.92 Å². The highest BCUT2D eigenvalue weighted by atomic mass is 19.1. The van der Waals surface area contributed by atoms with E-state index in [0.29, 0.717) is 50.5 Å². The highest BCUT2D eigenvalue weighted by Gasteiger charge is 2.33. The molecule has 2 aromatic rings. The minimum absolute atomic E-state index is 0.0742. The van der Waals surface area contributed by atoms with Gasteiger partial charge in [-0.25, -0.2) is 4.39 Å². The molecule has 3 amide bonds. The maximum Gasteiger partial charge on any atom is 0.257 e. The monoisotopic (exact) mass is 442 g/mol. The summed E-state index contributed by atoms with van der Waals surface area (Å²) in [6.45, 7) is 3.59. The van der Waals surface area contributed by atoms with Crippen molar-refractivity contribution in [1.82, 2.24) is 14.7 Å². The number of nitrogens with one attached hydrogen (secondary N) is 1. The Kier molecular flexibility index (Phi) is 6.84. The Labute approximate surface area is 185 Å². The van der Waals surface area contributed by atoms with E-state index in [1.807, 2.05) is 9.80 Å². The van der Waals surface area contributed by atoms with Crippen molar-refractivity contribution in [3.8, 4) is 0 Å². The van der Waals surface area contributed by atoms with Crippen molar-refractivity contribution in [2.45, 2.75) is 12.8 Å². The third-order valence-electron chi connectivity index (χ3n) is 6.01. The van der Waals surface area contributed by atoms with Gasteiger partial charge in [0.05, 0.1) is 24.3 Å². The van der Waals surface area contributed by atoms with Crippen LogP contribution in [0.25, 0.3) is 0 Å². The molecule has 0 bridgehead atoms. The number of anilines is 1. The fourth-order valence-electron chi connectivity index (χ4n) is 4.25. The predicted octanol–water partition coefficient (Wildman–Crippen LogP) is 2.05. The van der Waals surface area contributed by atoms with Crippen molar-refractivity contribution in [1.29, 1.82) is 0 Å². The van der Waals surface area contributed by atoms with E-state index in [4.69, 9.17) is 4.42 Å². The fourth-order valence-corrected chi connectivity index (χ4v) is 4.25. The summed E-state index contributed by atoms with van der Waals surface area (Å²) in [6, 6.07) is 7.28. The predicted molar refractivity (Wildman–Crippen MR) is 115 cm³/mol. The number of likely N-dealkylation sites (tertiary alicyclic amines) is 1. The van der Waals surface area contributed by atoms with E-state index in [-0.39, 0.29) is 36.0 Å². The maximum atomic E-state index is 13.0. The van der Waals surface area contributed by atoms with Crippen LogP contribution in [-0.2, 0) is 9.59 Å². The number of halogens is 1. The van der Waals surface area contributed by atoms with Crippen LogP contribution in [0.15, 0.2) is 47.3 Å². The smallest absolute Gasteiger partial charge is 0.257 e. The lowest BCUT2D eigenvalue weighted by atomic mass is 9.95. The number of carbonyl (C=O) groups excluding carboxylic acids is 3. The second-order valence-corrected chi connectivity index (χ2v) is 8.26. The Morgan fingerprint density at radius 3 is 2.44 bits per heavy atom. The third-order valence-corrected chi connectivity index (χ3v) is 6.01. The van der Waals surface area contributed by atoms with Gasteiger partial charge in [-0.1, -0.05) is 0 Å². The maximum absolute atomic E-state index is 13.0. The summed E-state index contributed by atoms with van der Waals surface area (Å²) >= 11 is 0. The molecule has 2 aliphatic heterocycles. The largest absolute Gasteiger partial charge is 0.472 e. The van der Waals surface area contributed by atoms with Crippen molar-refractivity contribution in [3.05, 3.63) is 54.2 Å². The number of amides is 3. The van der Waals surface area contributed by atoms with Gasteiger partial charge in [0.25, 0.3) is 5.91 Å². The summed E-state index contributed by atoms with van der Waals surface area (Å²) in [5.74, 6) is -0.751. The lowest BCUT2D eigenvalue weighted by Crippen LogP contribution is -2.54. The third kappa shape index (κ3) is 5.34. The molecule has 32 heavy (non-hydrogen) atoms. The summed E-state index contributed by atoms with van der Waals surface area (Å²) in [7, 11) is 0. The minimum Gasteiger partial charge on any atom is -0.472 e. The van der Waals surface area contributed by atoms with Crippen LogP contribution in [-0.4, -0.2) is 78.2 Å². The number of hydrogen-bond donors (Lipinski definition) is 1. The quantitative estimate of drug-likeness (QED) is 0.766. The summed E-state index contributed by atoms with van der Waals surface area (Å²) in [6.07, 6.45) is 4.47. The summed E-state index contributed by atoms with van der Waals surface area (Å²) < 4.78 is 18.0. The first kappa shape index (κ1) is 22.0.